The number of hydrogen-bond acceptors (Lipinski definition) is 6. The Hall–Kier alpha value is -2.95. The highest BCUT2D eigenvalue weighted by atomic mass is 32.1. The molecule has 0 bridgehead atoms. The molecule has 0 aliphatic heterocycles. The summed E-state index contributed by atoms with van der Waals surface area (Å²) in [5.41, 5.74) is 1.65. The predicted molar refractivity (Wildman–Crippen MR) is 86.8 cm³/mol. The molecule has 0 N–H and O–H groups in total. The van der Waals surface area contributed by atoms with Gasteiger partial charge in [0, 0.05) is 19.7 Å². The Morgan fingerprint density at radius 1 is 1.15 bits per heavy atom. The zero-order valence-electron chi connectivity index (χ0n) is 13.3. The maximum Gasteiger partial charge on any atom is 0.573 e. The molecule has 0 unspecified atom stereocenters. The molecule has 1 aromatic carbocycles. The molecule has 7 nitrogen and oxygen atoms in total. The van der Waals surface area contributed by atoms with Crippen LogP contribution in [0.5, 0.6) is 5.75 Å². The Morgan fingerprint density at radius 3 is 2.58 bits per heavy atom. The summed E-state index contributed by atoms with van der Waals surface area (Å²) in [6.07, 6.45) is -0.761. The van der Waals surface area contributed by atoms with Gasteiger partial charge in [-0.1, -0.05) is 23.5 Å². The lowest BCUT2D eigenvalue weighted by atomic mass is 10.1. The van der Waals surface area contributed by atoms with Crippen molar-refractivity contribution in [2.45, 2.75) is 12.8 Å². The molecule has 11 heteroatoms. The van der Waals surface area contributed by atoms with Crippen LogP contribution < -0.4 is 4.74 Å². The molecule has 3 heterocycles. The highest BCUT2D eigenvalue weighted by Gasteiger charge is 2.31. The molecular formula is C15H11F3N6OS. The molecule has 4 rings (SSSR count). The fourth-order valence-corrected chi connectivity index (χ4v) is 3.24. The zero-order chi connectivity index (χ0) is 18.3. The van der Waals surface area contributed by atoms with Crippen molar-refractivity contribution in [3.8, 4) is 16.3 Å². The third kappa shape index (κ3) is 3.38. The summed E-state index contributed by atoms with van der Waals surface area (Å²) in [6, 6.07) is 5.64. The van der Waals surface area contributed by atoms with Crippen LogP contribution in [-0.2, 0) is 13.5 Å². The van der Waals surface area contributed by atoms with Gasteiger partial charge in [0.15, 0.2) is 10.8 Å². The molecule has 4 aromatic rings. The minimum atomic E-state index is -4.70. The molecule has 134 valence electrons. The van der Waals surface area contributed by atoms with Gasteiger partial charge in [0.05, 0.1) is 11.8 Å². The third-order valence-corrected chi connectivity index (χ3v) is 4.47. The van der Waals surface area contributed by atoms with Crippen LogP contribution in [0, 0.1) is 0 Å². The first-order valence-electron chi connectivity index (χ1n) is 7.42. The summed E-state index contributed by atoms with van der Waals surface area (Å²) in [6.45, 7) is 0. The number of rotatable bonds is 4. The number of fused-ring (bicyclic) bond motifs is 1. The monoisotopic (exact) mass is 380 g/mol. The number of ether oxygens (including phenoxy) is 1. The van der Waals surface area contributed by atoms with Gasteiger partial charge in [-0.15, -0.1) is 23.4 Å². The third-order valence-electron chi connectivity index (χ3n) is 3.53. The number of aromatic nitrogens is 6. The second kappa shape index (κ2) is 6.09. The van der Waals surface area contributed by atoms with Crippen molar-refractivity contribution in [1.82, 2.24) is 29.6 Å². The predicted octanol–water partition coefficient (Wildman–Crippen LogP) is 3.08. The second-order valence-corrected chi connectivity index (χ2v) is 6.45. The van der Waals surface area contributed by atoms with Crippen LogP contribution in [0.25, 0.3) is 15.5 Å². The molecule has 0 aliphatic rings. The van der Waals surface area contributed by atoms with E-state index < -0.39 is 6.36 Å². The first-order valence-corrected chi connectivity index (χ1v) is 8.24. The SMILES string of the molecule is Cn1cc(-c2nn3c(Cc4ccc(OC(F)(F)F)cc4)nnc3s2)cn1. The van der Waals surface area contributed by atoms with E-state index in [-0.39, 0.29) is 5.75 Å². The van der Waals surface area contributed by atoms with E-state index in [0.29, 0.717) is 17.2 Å². The van der Waals surface area contributed by atoms with E-state index in [1.807, 2.05) is 13.2 Å². The van der Waals surface area contributed by atoms with E-state index in [0.717, 1.165) is 16.1 Å². The smallest absolute Gasteiger partial charge is 0.406 e. The Kier molecular flexibility index (Phi) is 3.87. The summed E-state index contributed by atoms with van der Waals surface area (Å²) in [7, 11) is 1.82. The van der Waals surface area contributed by atoms with E-state index in [9.17, 15) is 13.2 Å². The Labute approximate surface area is 148 Å². The van der Waals surface area contributed by atoms with Crippen molar-refractivity contribution in [2.75, 3.05) is 0 Å². The summed E-state index contributed by atoms with van der Waals surface area (Å²) in [5, 5.41) is 17.6. The number of halogens is 3. The lowest BCUT2D eigenvalue weighted by Crippen LogP contribution is -2.17. The summed E-state index contributed by atoms with van der Waals surface area (Å²) >= 11 is 1.38. The van der Waals surface area contributed by atoms with Crippen LogP contribution in [0.3, 0.4) is 0 Å². The second-order valence-electron chi connectivity index (χ2n) is 5.49. The molecule has 0 atom stereocenters. The van der Waals surface area contributed by atoms with Gasteiger partial charge in [-0.2, -0.15) is 14.7 Å². The van der Waals surface area contributed by atoms with Crippen LogP contribution in [0.1, 0.15) is 11.4 Å². The molecule has 0 saturated heterocycles. The first-order chi connectivity index (χ1) is 12.4. The Bertz CT molecular complexity index is 1050. The van der Waals surface area contributed by atoms with Crippen LogP contribution in [0.2, 0.25) is 0 Å². The highest BCUT2D eigenvalue weighted by Crippen LogP contribution is 2.26. The minimum absolute atomic E-state index is 0.264. The lowest BCUT2D eigenvalue weighted by molar-refractivity contribution is -0.274. The van der Waals surface area contributed by atoms with Crippen LogP contribution in [0.15, 0.2) is 36.7 Å². The van der Waals surface area contributed by atoms with Gasteiger partial charge in [-0.05, 0) is 17.7 Å². The number of aryl methyl sites for hydroxylation is 1. The lowest BCUT2D eigenvalue weighted by Gasteiger charge is -2.08. The number of alkyl halides is 3. The van der Waals surface area contributed by atoms with Crippen molar-refractivity contribution < 1.29 is 17.9 Å². The Morgan fingerprint density at radius 2 is 1.92 bits per heavy atom. The summed E-state index contributed by atoms with van der Waals surface area (Å²) in [5.74, 6) is 0.330. The average Bonchev–Trinajstić information content (AvgIpc) is 3.25. The van der Waals surface area contributed by atoms with Gasteiger partial charge in [0.1, 0.15) is 5.75 Å². The maximum atomic E-state index is 12.2. The number of nitrogens with zero attached hydrogens (tertiary/aromatic N) is 6. The van der Waals surface area contributed by atoms with Crippen LogP contribution in [-0.4, -0.2) is 36.0 Å². The van der Waals surface area contributed by atoms with Gasteiger partial charge in [-0.3, -0.25) is 4.68 Å². The zero-order valence-corrected chi connectivity index (χ0v) is 14.1. The van der Waals surface area contributed by atoms with Gasteiger partial charge in [0.2, 0.25) is 4.96 Å². The van der Waals surface area contributed by atoms with Crippen molar-refractivity contribution in [3.05, 3.63) is 48.0 Å². The topological polar surface area (TPSA) is 70.1 Å². The van der Waals surface area contributed by atoms with E-state index in [4.69, 9.17) is 0 Å². The number of benzene rings is 1. The van der Waals surface area contributed by atoms with Crippen LogP contribution in [0.4, 0.5) is 13.2 Å². The van der Waals surface area contributed by atoms with Gasteiger partial charge in [-0.25, -0.2) is 0 Å². The molecule has 0 radical (unpaired) electrons. The van der Waals surface area contributed by atoms with E-state index in [2.05, 4.69) is 25.1 Å². The van der Waals surface area contributed by atoms with Crippen molar-refractivity contribution in [3.63, 3.8) is 0 Å². The highest BCUT2D eigenvalue weighted by molar-refractivity contribution is 7.19. The summed E-state index contributed by atoms with van der Waals surface area (Å²) < 4.78 is 43.8. The molecule has 0 fully saturated rings. The molecule has 0 saturated carbocycles. The quantitative estimate of drug-likeness (QED) is 0.544. The molecule has 0 spiro atoms. The molecule has 26 heavy (non-hydrogen) atoms. The number of hydrogen-bond donors (Lipinski definition) is 0. The standard InChI is InChI=1S/C15H11F3N6OS/c1-23-8-10(7-19-23)13-22-24-12(20-21-14(24)26-13)6-9-2-4-11(5-3-9)25-15(16,17)18/h2-5,7-8H,6H2,1H3. The van der Waals surface area contributed by atoms with E-state index in [1.165, 1.54) is 23.5 Å². The maximum absolute atomic E-state index is 12.2. The molecule has 0 aliphatic carbocycles. The van der Waals surface area contributed by atoms with E-state index >= 15 is 0 Å². The average molecular weight is 380 g/mol. The fraction of sp³-hybridized carbons (Fsp3) is 0.200. The van der Waals surface area contributed by atoms with Gasteiger partial charge in [0.25, 0.3) is 0 Å². The summed E-state index contributed by atoms with van der Waals surface area (Å²) in [4.78, 5) is 0.635. The minimum Gasteiger partial charge on any atom is -0.406 e. The normalized spacial score (nSPS) is 12.0. The van der Waals surface area contributed by atoms with Crippen molar-refractivity contribution >= 4 is 16.3 Å². The largest absolute Gasteiger partial charge is 0.573 e. The van der Waals surface area contributed by atoms with Crippen molar-refractivity contribution in [1.29, 1.82) is 0 Å². The first kappa shape index (κ1) is 16.5. The fourth-order valence-electron chi connectivity index (χ4n) is 2.41. The molecular weight excluding hydrogens is 369 g/mol. The van der Waals surface area contributed by atoms with E-state index in [1.54, 1.807) is 27.5 Å². The molecule has 0 amide bonds. The van der Waals surface area contributed by atoms with Crippen LogP contribution >= 0.6 is 11.3 Å². The van der Waals surface area contributed by atoms with Gasteiger partial charge >= 0.3 is 6.36 Å². The Balaban J connectivity index is 1.56. The molecule has 3 aromatic heterocycles. The van der Waals surface area contributed by atoms with Gasteiger partial charge < -0.3 is 4.74 Å². The van der Waals surface area contributed by atoms with Crippen molar-refractivity contribution in [2.24, 2.45) is 7.05 Å².